The number of fused-ring (bicyclic) bond motifs is 1. The van der Waals surface area contributed by atoms with Crippen LogP contribution in [0.1, 0.15) is 51.3 Å². The smallest absolute Gasteiger partial charge is 0.273 e. The first kappa shape index (κ1) is 23.0. The number of nitrogens with one attached hydrogen (secondary N) is 1. The Morgan fingerprint density at radius 2 is 1.91 bits per heavy atom. The number of carbonyl (C=O) groups is 1. The molecule has 5 rings (SSSR count). The van der Waals surface area contributed by atoms with Crippen LogP contribution in [-0.4, -0.2) is 32.7 Å². The molecule has 1 aliphatic rings. The second-order valence-electron chi connectivity index (χ2n) is 8.77. The Morgan fingerprint density at radius 3 is 2.69 bits per heavy atom. The van der Waals surface area contributed by atoms with Crippen molar-refractivity contribution < 1.29 is 14.6 Å². The molecule has 7 heteroatoms. The molecule has 1 amide bonds. The highest BCUT2D eigenvalue weighted by Gasteiger charge is 2.43. The van der Waals surface area contributed by atoms with Gasteiger partial charge in [-0.3, -0.25) is 9.89 Å². The van der Waals surface area contributed by atoms with Crippen molar-refractivity contribution in [1.82, 2.24) is 15.1 Å². The first-order chi connectivity index (χ1) is 16.9. The van der Waals surface area contributed by atoms with E-state index in [1.54, 1.807) is 4.90 Å². The molecular formula is C28H26ClN3O3. The van der Waals surface area contributed by atoms with Gasteiger partial charge in [0.15, 0.2) is 0 Å². The number of phenolic OH excluding ortho intramolecular Hbond substituents is 1. The first-order valence-electron chi connectivity index (χ1n) is 11.5. The topological polar surface area (TPSA) is 78.5 Å². The predicted octanol–water partition coefficient (Wildman–Crippen LogP) is 6.20. The van der Waals surface area contributed by atoms with Crippen molar-refractivity contribution in [3.05, 3.63) is 99.2 Å². The SMILES string of the molecule is CCOc1cccc(C2c3c(-c4cc(C)cc(C)c4O)n[nH]c3C(=O)N2Cc2ccccc2Cl)c1. The van der Waals surface area contributed by atoms with E-state index in [0.29, 0.717) is 35.1 Å². The van der Waals surface area contributed by atoms with Gasteiger partial charge in [0.05, 0.1) is 12.6 Å². The molecule has 0 aliphatic carbocycles. The molecule has 1 atom stereocenters. The number of amides is 1. The molecule has 0 saturated heterocycles. The van der Waals surface area contributed by atoms with Crippen LogP contribution in [0.5, 0.6) is 11.5 Å². The second-order valence-corrected chi connectivity index (χ2v) is 9.18. The van der Waals surface area contributed by atoms with Crippen LogP contribution < -0.4 is 4.74 Å². The fourth-order valence-corrected chi connectivity index (χ4v) is 5.00. The summed E-state index contributed by atoms with van der Waals surface area (Å²) in [5.41, 5.74) is 5.80. The standard InChI is InChI=1S/C28H26ClN3O3/c1-4-35-20-10-7-9-18(14-20)26-23-24(21-13-16(2)12-17(3)27(21)33)30-31-25(23)28(34)32(26)15-19-8-5-6-11-22(19)29/h5-14,26,33H,4,15H2,1-3H3,(H,30,31). The molecule has 0 fully saturated rings. The maximum absolute atomic E-state index is 13.7. The average molecular weight is 488 g/mol. The van der Waals surface area contributed by atoms with Gasteiger partial charge >= 0.3 is 0 Å². The lowest BCUT2D eigenvalue weighted by Crippen LogP contribution is -2.29. The molecule has 0 saturated carbocycles. The van der Waals surface area contributed by atoms with E-state index in [1.165, 1.54) is 0 Å². The van der Waals surface area contributed by atoms with Gasteiger partial charge in [-0.15, -0.1) is 0 Å². The van der Waals surface area contributed by atoms with E-state index in [2.05, 4.69) is 10.2 Å². The number of benzene rings is 3. The number of phenols is 1. The van der Waals surface area contributed by atoms with E-state index < -0.39 is 6.04 Å². The number of hydrogen-bond acceptors (Lipinski definition) is 4. The van der Waals surface area contributed by atoms with E-state index in [0.717, 1.165) is 33.6 Å². The largest absolute Gasteiger partial charge is 0.507 e. The van der Waals surface area contributed by atoms with Crippen molar-refractivity contribution in [2.45, 2.75) is 33.4 Å². The average Bonchev–Trinajstić information content (AvgIpc) is 3.37. The maximum atomic E-state index is 13.7. The van der Waals surface area contributed by atoms with Crippen LogP contribution in [0.2, 0.25) is 5.02 Å². The molecule has 0 spiro atoms. The minimum Gasteiger partial charge on any atom is -0.507 e. The quantitative estimate of drug-likeness (QED) is 0.339. The number of ether oxygens (including phenoxy) is 1. The Kier molecular flexibility index (Phi) is 5.99. The number of H-pyrrole nitrogens is 1. The molecule has 2 N–H and O–H groups in total. The van der Waals surface area contributed by atoms with E-state index in [4.69, 9.17) is 16.3 Å². The van der Waals surface area contributed by atoms with Crippen LogP contribution >= 0.6 is 11.6 Å². The van der Waals surface area contributed by atoms with Crippen LogP contribution in [0.15, 0.2) is 60.7 Å². The van der Waals surface area contributed by atoms with Crippen molar-refractivity contribution in [3.8, 4) is 22.8 Å². The highest BCUT2D eigenvalue weighted by Crippen LogP contribution is 2.46. The molecule has 1 aliphatic heterocycles. The highest BCUT2D eigenvalue weighted by atomic mass is 35.5. The third-order valence-corrected chi connectivity index (χ3v) is 6.72. The number of aryl methyl sites for hydroxylation is 2. The molecule has 3 aromatic carbocycles. The first-order valence-corrected chi connectivity index (χ1v) is 11.9. The number of rotatable bonds is 6. The van der Waals surface area contributed by atoms with Crippen LogP contribution in [0.25, 0.3) is 11.3 Å². The van der Waals surface area contributed by atoms with Gasteiger partial charge in [-0.05, 0) is 67.3 Å². The summed E-state index contributed by atoms with van der Waals surface area (Å²) in [6.45, 7) is 6.62. The summed E-state index contributed by atoms with van der Waals surface area (Å²) >= 11 is 6.47. The number of aromatic hydroxyl groups is 1. The van der Waals surface area contributed by atoms with Gasteiger partial charge in [-0.1, -0.05) is 48.0 Å². The zero-order valence-corrected chi connectivity index (χ0v) is 20.6. The lowest BCUT2D eigenvalue weighted by atomic mass is 9.94. The van der Waals surface area contributed by atoms with Crippen LogP contribution in [0.4, 0.5) is 0 Å². The Labute approximate surface area is 209 Å². The molecule has 6 nitrogen and oxygen atoms in total. The Morgan fingerprint density at radius 1 is 1.11 bits per heavy atom. The van der Waals surface area contributed by atoms with Gasteiger partial charge in [-0.25, -0.2) is 0 Å². The van der Waals surface area contributed by atoms with Crippen molar-refractivity contribution in [3.63, 3.8) is 0 Å². The zero-order valence-electron chi connectivity index (χ0n) is 19.8. The molecule has 178 valence electrons. The Bertz CT molecular complexity index is 1430. The summed E-state index contributed by atoms with van der Waals surface area (Å²) in [6.07, 6.45) is 0. The lowest BCUT2D eigenvalue weighted by Gasteiger charge is -2.27. The van der Waals surface area contributed by atoms with Gasteiger partial charge in [0.1, 0.15) is 22.9 Å². The maximum Gasteiger partial charge on any atom is 0.273 e. The summed E-state index contributed by atoms with van der Waals surface area (Å²) in [7, 11) is 0. The van der Waals surface area contributed by atoms with Crippen molar-refractivity contribution in [1.29, 1.82) is 0 Å². The van der Waals surface area contributed by atoms with Crippen LogP contribution in [0.3, 0.4) is 0 Å². The molecule has 2 heterocycles. The minimum atomic E-state index is -0.442. The van der Waals surface area contributed by atoms with Crippen LogP contribution in [-0.2, 0) is 6.54 Å². The zero-order chi connectivity index (χ0) is 24.7. The number of aromatic amines is 1. The van der Waals surface area contributed by atoms with Crippen molar-refractivity contribution in [2.24, 2.45) is 0 Å². The van der Waals surface area contributed by atoms with Crippen molar-refractivity contribution >= 4 is 17.5 Å². The third kappa shape index (κ3) is 4.04. The summed E-state index contributed by atoms with van der Waals surface area (Å²) in [4.78, 5) is 15.5. The molecule has 35 heavy (non-hydrogen) atoms. The highest BCUT2D eigenvalue weighted by molar-refractivity contribution is 6.31. The van der Waals surface area contributed by atoms with Gasteiger partial charge in [0, 0.05) is 22.7 Å². The fourth-order valence-electron chi connectivity index (χ4n) is 4.80. The fraction of sp³-hybridized carbons (Fsp3) is 0.214. The molecule has 4 aromatic rings. The number of aromatic nitrogens is 2. The molecular weight excluding hydrogens is 462 g/mol. The van der Waals surface area contributed by atoms with Crippen molar-refractivity contribution in [2.75, 3.05) is 6.61 Å². The lowest BCUT2D eigenvalue weighted by molar-refractivity contribution is 0.0730. The third-order valence-electron chi connectivity index (χ3n) is 6.35. The van der Waals surface area contributed by atoms with E-state index >= 15 is 0 Å². The molecule has 0 radical (unpaired) electrons. The summed E-state index contributed by atoms with van der Waals surface area (Å²) in [5, 5.41) is 19.0. The van der Waals surface area contributed by atoms with Gasteiger partial charge in [0.25, 0.3) is 5.91 Å². The van der Waals surface area contributed by atoms with Gasteiger partial charge in [-0.2, -0.15) is 5.10 Å². The van der Waals surface area contributed by atoms with Gasteiger partial charge in [0.2, 0.25) is 0 Å². The number of hydrogen-bond donors (Lipinski definition) is 2. The predicted molar refractivity (Wildman–Crippen MR) is 136 cm³/mol. The Hall–Kier alpha value is -3.77. The number of halogens is 1. The second kappa shape index (κ2) is 9.12. The summed E-state index contributed by atoms with van der Waals surface area (Å²) < 4.78 is 5.75. The van der Waals surface area contributed by atoms with E-state index in [1.807, 2.05) is 81.4 Å². The van der Waals surface area contributed by atoms with E-state index in [9.17, 15) is 9.90 Å². The van der Waals surface area contributed by atoms with Crippen LogP contribution in [0, 0.1) is 13.8 Å². The number of carbonyl (C=O) groups excluding carboxylic acids is 1. The Balaban J connectivity index is 1.70. The molecule has 1 aromatic heterocycles. The summed E-state index contributed by atoms with van der Waals surface area (Å²) in [5.74, 6) is 0.709. The van der Waals surface area contributed by atoms with Gasteiger partial charge < -0.3 is 14.7 Å². The molecule has 1 unspecified atom stereocenters. The number of nitrogens with zero attached hydrogens (tertiary/aromatic N) is 2. The summed E-state index contributed by atoms with van der Waals surface area (Å²) in [6, 6.07) is 18.6. The van der Waals surface area contributed by atoms with E-state index in [-0.39, 0.29) is 11.7 Å². The minimum absolute atomic E-state index is 0.156. The monoisotopic (exact) mass is 487 g/mol. The molecule has 0 bridgehead atoms. The normalized spacial score (nSPS) is 14.9.